The molecule has 0 radical (unpaired) electrons. The molecular weight excluding hydrogens is 242 g/mol. The van der Waals surface area contributed by atoms with E-state index in [0.29, 0.717) is 5.92 Å². The van der Waals surface area contributed by atoms with Crippen molar-refractivity contribution < 1.29 is 14.3 Å². The van der Waals surface area contributed by atoms with E-state index in [2.05, 4.69) is 5.32 Å². The molecule has 0 spiro atoms. The lowest BCUT2D eigenvalue weighted by Gasteiger charge is -2.08. The minimum absolute atomic E-state index is 0.00517. The SMILES string of the molecule is Cc1ccc(NC(=O)COC(=O)[C@H]2C[C@@H]2C)cc1C. The van der Waals surface area contributed by atoms with Crippen LogP contribution < -0.4 is 5.32 Å². The van der Waals surface area contributed by atoms with Crippen molar-refractivity contribution in [3.05, 3.63) is 29.3 Å². The van der Waals surface area contributed by atoms with E-state index in [4.69, 9.17) is 4.74 Å². The monoisotopic (exact) mass is 261 g/mol. The molecule has 0 aliphatic heterocycles. The van der Waals surface area contributed by atoms with Crippen LogP contribution in [0.2, 0.25) is 0 Å². The fourth-order valence-corrected chi connectivity index (χ4v) is 1.91. The summed E-state index contributed by atoms with van der Waals surface area (Å²) in [6.45, 7) is 5.79. The average Bonchev–Trinajstić information content (AvgIpc) is 3.08. The summed E-state index contributed by atoms with van der Waals surface area (Å²) in [5, 5.41) is 2.72. The van der Waals surface area contributed by atoms with Crippen LogP contribution in [0.5, 0.6) is 0 Å². The average molecular weight is 261 g/mol. The second kappa shape index (κ2) is 5.43. The third kappa shape index (κ3) is 3.56. The highest BCUT2D eigenvalue weighted by Crippen LogP contribution is 2.38. The highest BCUT2D eigenvalue weighted by Gasteiger charge is 2.40. The van der Waals surface area contributed by atoms with Crippen LogP contribution >= 0.6 is 0 Å². The Bertz CT molecular complexity index is 510. The summed E-state index contributed by atoms with van der Waals surface area (Å²) in [6, 6.07) is 5.69. The largest absolute Gasteiger partial charge is 0.455 e. The molecule has 0 unspecified atom stereocenters. The van der Waals surface area contributed by atoms with Crippen LogP contribution in [0.15, 0.2) is 18.2 Å². The van der Waals surface area contributed by atoms with Crippen molar-refractivity contribution in [3.63, 3.8) is 0 Å². The highest BCUT2D eigenvalue weighted by molar-refractivity contribution is 5.93. The third-order valence-electron chi connectivity index (χ3n) is 3.55. The zero-order chi connectivity index (χ0) is 14.0. The van der Waals surface area contributed by atoms with Gasteiger partial charge in [0.2, 0.25) is 0 Å². The first-order valence-electron chi connectivity index (χ1n) is 6.51. The molecule has 1 fully saturated rings. The lowest BCUT2D eigenvalue weighted by molar-refractivity contribution is -0.148. The number of benzene rings is 1. The molecule has 2 rings (SSSR count). The maximum absolute atomic E-state index is 11.6. The Morgan fingerprint density at radius 1 is 1.32 bits per heavy atom. The lowest BCUT2D eigenvalue weighted by Crippen LogP contribution is -2.21. The molecule has 102 valence electrons. The van der Waals surface area contributed by atoms with Crippen molar-refractivity contribution in [2.45, 2.75) is 27.2 Å². The summed E-state index contributed by atoms with van der Waals surface area (Å²) < 4.78 is 4.97. The molecule has 4 nitrogen and oxygen atoms in total. The number of hydrogen-bond donors (Lipinski definition) is 1. The van der Waals surface area contributed by atoms with Gasteiger partial charge in [-0.1, -0.05) is 13.0 Å². The molecule has 2 atom stereocenters. The van der Waals surface area contributed by atoms with Gasteiger partial charge in [-0.25, -0.2) is 0 Å². The van der Waals surface area contributed by atoms with Crippen LogP contribution in [0.1, 0.15) is 24.5 Å². The first kappa shape index (κ1) is 13.6. The molecule has 1 aromatic rings. The van der Waals surface area contributed by atoms with Gasteiger partial charge in [-0.05, 0) is 49.4 Å². The van der Waals surface area contributed by atoms with E-state index in [1.165, 1.54) is 5.56 Å². The highest BCUT2D eigenvalue weighted by atomic mass is 16.5. The summed E-state index contributed by atoms with van der Waals surface area (Å²) in [7, 11) is 0. The van der Waals surface area contributed by atoms with Gasteiger partial charge in [-0.3, -0.25) is 9.59 Å². The van der Waals surface area contributed by atoms with E-state index in [9.17, 15) is 9.59 Å². The normalized spacial score (nSPS) is 20.8. The van der Waals surface area contributed by atoms with Crippen molar-refractivity contribution in [1.29, 1.82) is 0 Å². The van der Waals surface area contributed by atoms with Crippen LogP contribution in [0.4, 0.5) is 5.69 Å². The fraction of sp³-hybridized carbons (Fsp3) is 0.467. The maximum atomic E-state index is 11.6. The number of aryl methyl sites for hydroxylation is 2. The summed E-state index contributed by atoms with van der Waals surface area (Å²) in [6.07, 6.45) is 0.873. The third-order valence-corrected chi connectivity index (χ3v) is 3.55. The van der Waals surface area contributed by atoms with Gasteiger partial charge in [0.05, 0.1) is 5.92 Å². The first-order chi connectivity index (χ1) is 8.97. The molecule has 0 saturated heterocycles. The molecule has 4 heteroatoms. The van der Waals surface area contributed by atoms with Crippen molar-refractivity contribution in [3.8, 4) is 0 Å². The molecule has 1 amide bonds. The topological polar surface area (TPSA) is 55.4 Å². The number of ether oxygens (including phenoxy) is 1. The zero-order valence-electron chi connectivity index (χ0n) is 11.5. The number of hydrogen-bond acceptors (Lipinski definition) is 3. The molecule has 0 bridgehead atoms. The van der Waals surface area contributed by atoms with Crippen molar-refractivity contribution in [2.24, 2.45) is 11.8 Å². The van der Waals surface area contributed by atoms with Crippen LogP contribution in [-0.2, 0) is 14.3 Å². The number of nitrogens with one attached hydrogen (secondary N) is 1. The van der Waals surface area contributed by atoms with Crippen molar-refractivity contribution in [2.75, 3.05) is 11.9 Å². The zero-order valence-corrected chi connectivity index (χ0v) is 11.5. The van der Waals surface area contributed by atoms with Crippen LogP contribution in [0.25, 0.3) is 0 Å². The van der Waals surface area contributed by atoms with Gasteiger partial charge in [-0.2, -0.15) is 0 Å². The van der Waals surface area contributed by atoms with E-state index >= 15 is 0 Å². The van der Waals surface area contributed by atoms with Gasteiger partial charge in [0, 0.05) is 5.69 Å². The van der Waals surface area contributed by atoms with Gasteiger partial charge < -0.3 is 10.1 Å². The minimum atomic E-state index is -0.301. The van der Waals surface area contributed by atoms with Crippen LogP contribution in [0, 0.1) is 25.7 Å². The molecule has 1 aromatic carbocycles. The summed E-state index contributed by atoms with van der Waals surface area (Å²) in [4.78, 5) is 23.1. The van der Waals surface area contributed by atoms with E-state index in [0.717, 1.165) is 17.7 Å². The Morgan fingerprint density at radius 2 is 2.00 bits per heavy atom. The predicted octanol–water partition coefficient (Wildman–Crippen LogP) is 2.44. The number of rotatable bonds is 4. The van der Waals surface area contributed by atoms with Crippen LogP contribution in [0.3, 0.4) is 0 Å². The molecule has 1 aliphatic carbocycles. The van der Waals surface area contributed by atoms with E-state index in [1.807, 2.05) is 39.0 Å². The fourth-order valence-electron chi connectivity index (χ4n) is 1.91. The van der Waals surface area contributed by atoms with Gasteiger partial charge in [0.15, 0.2) is 6.61 Å². The molecule has 1 saturated carbocycles. The van der Waals surface area contributed by atoms with E-state index < -0.39 is 0 Å². The van der Waals surface area contributed by atoms with Crippen molar-refractivity contribution >= 4 is 17.6 Å². The lowest BCUT2D eigenvalue weighted by atomic mass is 10.1. The van der Waals surface area contributed by atoms with E-state index in [1.54, 1.807) is 0 Å². The summed E-state index contributed by atoms with van der Waals surface area (Å²) in [5.74, 6) is -0.169. The summed E-state index contributed by atoms with van der Waals surface area (Å²) >= 11 is 0. The number of amides is 1. The smallest absolute Gasteiger partial charge is 0.309 e. The van der Waals surface area contributed by atoms with Crippen molar-refractivity contribution in [1.82, 2.24) is 0 Å². The number of anilines is 1. The van der Waals surface area contributed by atoms with Gasteiger partial charge in [-0.15, -0.1) is 0 Å². The first-order valence-corrected chi connectivity index (χ1v) is 6.51. The van der Waals surface area contributed by atoms with Gasteiger partial charge >= 0.3 is 5.97 Å². The molecule has 0 aromatic heterocycles. The summed E-state index contributed by atoms with van der Waals surface area (Å²) in [5.41, 5.74) is 3.01. The second-order valence-corrected chi connectivity index (χ2v) is 5.27. The molecular formula is C15H19NO3. The Morgan fingerprint density at radius 3 is 2.58 bits per heavy atom. The Kier molecular flexibility index (Phi) is 3.88. The number of carbonyl (C=O) groups is 2. The molecule has 1 N–H and O–H groups in total. The predicted molar refractivity (Wildman–Crippen MR) is 72.8 cm³/mol. The Hall–Kier alpha value is -1.84. The second-order valence-electron chi connectivity index (χ2n) is 5.27. The minimum Gasteiger partial charge on any atom is -0.455 e. The van der Waals surface area contributed by atoms with E-state index in [-0.39, 0.29) is 24.4 Å². The number of carbonyl (C=O) groups excluding carboxylic acids is 2. The molecule has 19 heavy (non-hydrogen) atoms. The van der Waals surface area contributed by atoms with Gasteiger partial charge in [0.25, 0.3) is 5.91 Å². The quantitative estimate of drug-likeness (QED) is 0.847. The molecule has 0 heterocycles. The Labute approximate surface area is 113 Å². The Balaban J connectivity index is 1.80. The maximum Gasteiger partial charge on any atom is 0.309 e. The standard InChI is InChI=1S/C15H19NO3/c1-9-4-5-12(6-10(9)2)16-14(17)8-19-15(18)13-7-11(13)3/h4-6,11,13H,7-8H2,1-3H3,(H,16,17)/t11-,13-/m0/s1. The molecule has 1 aliphatic rings. The van der Waals surface area contributed by atoms with Crippen LogP contribution in [-0.4, -0.2) is 18.5 Å². The van der Waals surface area contributed by atoms with Gasteiger partial charge in [0.1, 0.15) is 0 Å². The number of esters is 1.